The van der Waals surface area contributed by atoms with Gasteiger partial charge in [0.2, 0.25) is 0 Å². The number of hydrogen-bond donors (Lipinski definition) is 4. The number of fused-ring (bicyclic) bond motifs is 1. The molecule has 2 aromatic rings. The van der Waals surface area contributed by atoms with Crippen LogP contribution in [0.5, 0.6) is 0 Å². The number of ether oxygens (including phenoxy) is 1. The molecular weight excluding hydrogens is 447 g/mol. The van der Waals surface area contributed by atoms with Gasteiger partial charge in [-0.25, -0.2) is 9.31 Å². The number of hydrogen-bond acceptors (Lipinski definition) is 7. The van der Waals surface area contributed by atoms with Gasteiger partial charge in [-0.05, 0) is 43.6 Å². The van der Waals surface area contributed by atoms with Crippen LogP contribution in [-0.4, -0.2) is 64.5 Å². The molecule has 2 saturated heterocycles. The first-order valence-corrected chi connectivity index (χ1v) is 10.2. The highest BCUT2D eigenvalue weighted by atomic mass is 19.4. The van der Waals surface area contributed by atoms with E-state index in [9.17, 15) is 22.8 Å². The van der Waals surface area contributed by atoms with Crippen LogP contribution in [0.4, 0.5) is 13.2 Å². The number of nitrogens with one attached hydrogen (secondary N) is 2. The largest absolute Gasteiger partial charge is 0.490 e. The average molecular weight is 471 g/mol. The Bertz CT molecular complexity index is 1030. The molecule has 1 atom stereocenters. The van der Waals surface area contributed by atoms with Crippen molar-refractivity contribution >= 4 is 23.4 Å². The summed E-state index contributed by atoms with van der Waals surface area (Å²) in [5, 5.41) is 17.5. The van der Waals surface area contributed by atoms with Crippen LogP contribution in [0.25, 0.3) is 5.52 Å². The summed E-state index contributed by atoms with van der Waals surface area (Å²) in [6.07, 6.45) is 0.234. The number of amides is 1. The highest BCUT2D eigenvalue weighted by Gasteiger charge is 2.49. The predicted octanol–water partition coefficient (Wildman–Crippen LogP) is 0.841. The van der Waals surface area contributed by atoms with Gasteiger partial charge in [0.15, 0.2) is 0 Å². The normalized spacial score (nSPS) is 19.6. The summed E-state index contributed by atoms with van der Waals surface area (Å²) in [5.74, 6) is -3.11. The maximum atomic E-state index is 12.6. The third-order valence-electron chi connectivity index (χ3n) is 5.68. The number of esters is 1. The second kappa shape index (κ2) is 9.75. The van der Waals surface area contributed by atoms with Crippen LogP contribution in [-0.2, 0) is 20.9 Å². The Morgan fingerprint density at radius 3 is 2.64 bits per heavy atom. The van der Waals surface area contributed by atoms with Crippen molar-refractivity contribution in [3.05, 3.63) is 35.7 Å². The second-order valence-electron chi connectivity index (χ2n) is 7.90. The molecule has 2 aliphatic heterocycles. The molecule has 0 aromatic carbocycles. The van der Waals surface area contributed by atoms with Crippen LogP contribution < -0.4 is 16.4 Å². The molecule has 0 aliphatic carbocycles. The number of rotatable bonds is 4. The highest BCUT2D eigenvalue weighted by molar-refractivity contribution is 6.00. The predicted molar refractivity (Wildman–Crippen MR) is 108 cm³/mol. The molecule has 33 heavy (non-hydrogen) atoms. The van der Waals surface area contributed by atoms with E-state index < -0.39 is 12.1 Å². The lowest BCUT2D eigenvalue weighted by Crippen LogP contribution is -2.39. The first-order valence-electron chi connectivity index (χ1n) is 10.2. The van der Waals surface area contributed by atoms with Gasteiger partial charge in [0.1, 0.15) is 6.10 Å². The van der Waals surface area contributed by atoms with Crippen LogP contribution in [0.3, 0.4) is 0 Å². The van der Waals surface area contributed by atoms with E-state index in [0.29, 0.717) is 30.6 Å². The minimum absolute atomic E-state index is 0.123. The molecule has 2 aliphatic rings. The molecule has 1 unspecified atom stereocenters. The standard InChI is InChI=1S/C18H23N5O3.C2HF3O2/c19-9-12-1-6-23-15(7-12)14(11-22-23)16(24)21-10-13-8-18(17(25)26-13)2-4-20-5-3-18;3-2(4,5)1(6)7/h1,6-7,11,13,20H,2-5,8-10,19H2,(H,21,24);(H,6,7). The van der Waals surface area contributed by atoms with E-state index in [1.165, 1.54) is 0 Å². The number of cyclic esters (lactones) is 1. The molecule has 2 aromatic heterocycles. The number of carboxylic acids is 1. The Balaban J connectivity index is 0.000000383. The van der Waals surface area contributed by atoms with Gasteiger partial charge in [0, 0.05) is 19.2 Å². The van der Waals surface area contributed by atoms with Crippen LogP contribution in [0, 0.1) is 5.41 Å². The molecule has 0 radical (unpaired) electrons. The first kappa shape index (κ1) is 24.5. The van der Waals surface area contributed by atoms with Crippen molar-refractivity contribution in [2.75, 3.05) is 19.6 Å². The van der Waals surface area contributed by atoms with Gasteiger partial charge in [-0.2, -0.15) is 18.3 Å². The highest BCUT2D eigenvalue weighted by Crippen LogP contribution is 2.41. The zero-order chi connectivity index (χ0) is 24.2. The molecule has 4 heterocycles. The topological polar surface area (TPSA) is 148 Å². The van der Waals surface area contributed by atoms with Crippen LogP contribution in [0.2, 0.25) is 0 Å². The molecule has 2 fully saturated rings. The lowest BCUT2D eigenvalue weighted by atomic mass is 9.76. The Hall–Kier alpha value is -3.19. The van der Waals surface area contributed by atoms with Crippen molar-refractivity contribution < 1.29 is 37.4 Å². The number of carbonyl (C=O) groups is 3. The first-order chi connectivity index (χ1) is 15.6. The van der Waals surface area contributed by atoms with Gasteiger partial charge in [0.25, 0.3) is 5.91 Å². The van der Waals surface area contributed by atoms with Gasteiger partial charge in [0.05, 0.1) is 29.2 Å². The van der Waals surface area contributed by atoms with Gasteiger partial charge < -0.3 is 26.2 Å². The number of nitrogens with zero attached hydrogens (tertiary/aromatic N) is 2. The van der Waals surface area contributed by atoms with Gasteiger partial charge >= 0.3 is 18.1 Å². The summed E-state index contributed by atoms with van der Waals surface area (Å²) in [6.45, 7) is 2.38. The molecule has 180 valence electrons. The van der Waals surface area contributed by atoms with Crippen molar-refractivity contribution in [2.24, 2.45) is 11.1 Å². The molecule has 0 bridgehead atoms. The number of carboxylic acid groups (broad SMARTS) is 1. The maximum Gasteiger partial charge on any atom is 0.490 e. The fourth-order valence-corrected chi connectivity index (χ4v) is 3.89. The summed E-state index contributed by atoms with van der Waals surface area (Å²) in [6, 6.07) is 3.74. The van der Waals surface area contributed by atoms with E-state index in [-0.39, 0.29) is 23.4 Å². The van der Waals surface area contributed by atoms with E-state index in [2.05, 4.69) is 15.7 Å². The third-order valence-corrected chi connectivity index (χ3v) is 5.68. The van der Waals surface area contributed by atoms with Crippen molar-refractivity contribution in [1.29, 1.82) is 0 Å². The number of halogens is 3. The monoisotopic (exact) mass is 471 g/mol. The fraction of sp³-hybridized carbons (Fsp3) is 0.500. The number of piperidine rings is 1. The SMILES string of the molecule is NCc1ccn2ncc(C(=O)NCC3CC4(CCNCC4)C(=O)O3)c2c1.O=C(O)C(F)(F)F. The van der Waals surface area contributed by atoms with Crippen molar-refractivity contribution in [3.63, 3.8) is 0 Å². The van der Waals surface area contributed by atoms with Gasteiger partial charge in [-0.15, -0.1) is 0 Å². The van der Waals surface area contributed by atoms with E-state index in [0.717, 1.165) is 31.5 Å². The Kier molecular flexibility index (Phi) is 7.22. The summed E-state index contributed by atoms with van der Waals surface area (Å²) in [4.78, 5) is 33.8. The maximum absolute atomic E-state index is 12.6. The number of alkyl halides is 3. The summed E-state index contributed by atoms with van der Waals surface area (Å²) >= 11 is 0. The number of aromatic nitrogens is 2. The second-order valence-corrected chi connectivity index (χ2v) is 7.90. The molecule has 1 spiro atoms. The number of carbonyl (C=O) groups excluding carboxylic acids is 2. The summed E-state index contributed by atoms with van der Waals surface area (Å²) in [5.41, 5.74) is 7.43. The Morgan fingerprint density at radius 1 is 1.36 bits per heavy atom. The van der Waals surface area contributed by atoms with E-state index in [4.69, 9.17) is 20.4 Å². The Labute approximate surface area is 186 Å². The molecule has 4 rings (SSSR count). The number of pyridine rings is 1. The molecule has 0 saturated carbocycles. The van der Waals surface area contributed by atoms with Crippen molar-refractivity contribution in [1.82, 2.24) is 20.2 Å². The molecule has 13 heteroatoms. The molecular formula is C20H24F3N5O5. The molecule has 1 amide bonds. The minimum Gasteiger partial charge on any atom is -0.475 e. The lowest BCUT2D eigenvalue weighted by molar-refractivity contribution is -0.192. The Morgan fingerprint density at radius 2 is 2.03 bits per heavy atom. The van der Waals surface area contributed by atoms with Gasteiger partial charge in [-0.1, -0.05) is 0 Å². The average Bonchev–Trinajstić information content (AvgIpc) is 3.33. The summed E-state index contributed by atoms with van der Waals surface area (Å²) in [7, 11) is 0. The fourth-order valence-electron chi connectivity index (χ4n) is 3.89. The summed E-state index contributed by atoms with van der Waals surface area (Å²) < 4.78 is 38.9. The number of nitrogens with two attached hydrogens (primary N) is 1. The van der Waals surface area contributed by atoms with Crippen LogP contribution in [0.15, 0.2) is 24.5 Å². The number of aliphatic carboxylic acids is 1. The zero-order valence-corrected chi connectivity index (χ0v) is 17.5. The van der Waals surface area contributed by atoms with Crippen molar-refractivity contribution in [3.8, 4) is 0 Å². The smallest absolute Gasteiger partial charge is 0.475 e. The van der Waals surface area contributed by atoms with Crippen molar-refractivity contribution in [2.45, 2.75) is 38.1 Å². The van der Waals surface area contributed by atoms with E-state index in [1.807, 2.05) is 12.1 Å². The zero-order valence-electron chi connectivity index (χ0n) is 17.5. The molecule has 10 nitrogen and oxygen atoms in total. The lowest BCUT2D eigenvalue weighted by Gasteiger charge is -2.29. The van der Waals surface area contributed by atoms with E-state index >= 15 is 0 Å². The quantitative estimate of drug-likeness (QED) is 0.480. The van der Waals surface area contributed by atoms with Crippen LogP contribution >= 0.6 is 0 Å². The molecule has 5 N–H and O–H groups in total. The third kappa shape index (κ3) is 5.60. The van der Waals surface area contributed by atoms with E-state index in [1.54, 1.807) is 16.9 Å². The van der Waals surface area contributed by atoms with Gasteiger partial charge in [-0.3, -0.25) is 9.59 Å². The minimum atomic E-state index is -5.08. The van der Waals surface area contributed by atoms with Crippen LogP contribution in [0.1, 0.15) is 35.2 Å².